The molecule has 1 aromatic rings. The maximum atomic E-state index is 12.2. The lowest BCUT2D eigenvalue weighted by Gasteiger charge is -2.17. The number of sulfonamides is 1. The second-order valence-corrected chi connectivity index (χ2v) is 7.38. The Morgan fingerprint density at radius 2 is 1.81 bits per heavy atom. The van der Waals surface area contributed by atoms with Gasteiger partial charge in [0, 0.05) is 5.92 Å². The van der Waals surface area contributed by atoms with E-state index in [0.717, 1.165) is 5.56 Å². The van der Waals surface area contributed by atoms with Crippen LogP contribution in [0.1, 0.15) is 26.3 Å². The smallest absolute Gasteiger partial charge is 0.422 e. The van der Waals surface area contributed by atoms with Crippen LogP contribution in [-0.4, -0.2) is 43.7 Å². The first kappa shape index (κ1) is 21.3. The summed E-state index contributed by atoms with van der Waals surface area (Å²) >= 11 is 0. The fraction of sp³-hybridized carbons (Fsp3) is 0.438. The maximum Gasteiger partial charge on any atom is 0.422 e. The summed E-state index contributed by atoms with van der Waals surface area (Å²) in [6.07, 6.45) is -2.61. The second kappa shape index (κ2) is 9.12. The molecule has 142 valence electrons. The fourth-order valence-corrected chi connectivity index (χ4v) is 2.83. The summed E-state index contributed by atoms with van der Waals surface area (Å²) in [4.78, 5) is 26.5. The highest BCUT2D eigenvalue weighted by atomic mass is 32.2. The van der Waals surface area contributed by atoms with Crippen molar-refractivity contribution in [2.24, 2.45) is 5.92 Å². The van der Waals surface area contributed by atoms with Crippen LogP contribution in [0.2, 0.25) is 0 Å². The van der Waals surface area contributed by atoms with E-state index in [1.54, 1.807) is 44.5 Å². The van der Waals surface area contributed by atoms with Gasteiger partial charge in [0.1, 0.15) is 0 Å². The van der Waals surface area contributed by atoms with Crippen molar-refractivity contribution in [1.82, 2.24) is 4.72 Å². The number of nitrogens with one attached hydrogen (secondary N) is 1. The second-order valence-electron chi connectivity index (χ2n) is 5.69. The van der Waals surface area contributed by atoms with Crippen molar-refractivity contribution in [3.8, 4) is 0 Å². The van der Waals surface area contributed by atoms with E-state index in [9.17, 15) is 18.0 Å². The Labute approximate surface area is 152 Å². The van der Waals surface area contributed by atoms with Crippen LogP contribution in [0.5, 0.6) is 0 Å². The van der Waals surface area contributed by atoms with Crippen molar-refractivity contribution in [3.05, 3.63) is 35.4 Å². The lowest BCUT2D eigenvalue weighted by Crippen LogP contribution is -2.42. The molecule has 1 rings (SSSR count). The zero-order valence-corrected chi connectivity index (χ0v) is 15.7. The first-order valence-corrected chi connectivity index (χ1v) is 9.29. The molecule has 0 aliphatic rings. The number of hydrogen-bond acceptors (Lipinski definition) is 6. The van der Waals surface area contributed by atoms with E-state index in [2.05, 4.69) is 4.79 Å². The topological polar surface area (TPSA) is 135 Å². The Balaban J connectivity index is 2.96. The van der Waals surface area contributed by atoms with Crippen LogP contribution in [0, 0.1) is 12.8 Å². The highest BCUT2D eigenvalue weighted by Gasteiger charge is 2.39. The molecule has 0 aromatic heterocycles. The van der Waals surface area contributed by atoms with Gasteiger partial charge in [0.25, 0.3) is 10.0 Å². The number of ether oxygens (including phenoxy) is 2. The molecule has 0 aliphatic carbocycles. The molecule has 1 N–H and O–H groups in total. The number of hydrogen-bond donors (Lipinski definition) is 1. The van der Waals surface area contributed by atoms with Gasteiger partial charge >= 0.3 is 17.8 Å². The normalized spacial score (nSPS) is 12.0. The first-order chi connectivity index (χ1) is 12.1. The molecule has 10 heteroatoms. The van der Waals surface area contributed by atoms with Crippen molar-refractivity contribution in [2.75, 3.05) is 6.61 Å². The third-order valence-electron chi connectivity index (χ3n) is 3.25. The number of esters is 1. The summed E-state index contributed by atoms with van der Waals surface area (Å²) in [5.74, 6) is -1.46. The molecule has 0 heterocycles. The number of nitrogens with zero attached hydrogens (tertiary/aromatic N) is 2. The molecular weight excluding hydrogens is 362 g/mol. The van der Waals surface area contributed by atoms with Crippen LogP contribution in [0.15, 0.2) is 29.2 Å². The summed E-state index contributed by atoms with van der Waals surface area (Å²) in [6.45, 7) is 6.56. The average Bonchev–Trinajstić information content (AvgIpc) is 2.54. The Morgan fingerprint density at radius 1 is 1.23 bits per heavy atom. The van der Waals surface area contributed by atoms with E-state index in [4.69, 9.17) is 15.0 Å². The van der Waals surface area contributed by atoms with Gasteiger partial charge in [-0.1, -0.05) is 31.5 Å². The molecule has 9 nitrogen and oxygen atoms in total. The largest absolute Gasteiger partial charge is 0.457 e. The quantitative estimate of drug-likeness (QED) is 0.329. The molecule has 0 saturated heterocycles. The molecule has 1 amide bonds. The van der Waals surface area contributed by atoms with Crippen LogP contribution in [0.3, 0.4) is 0 Å². The van der Waals surface area contributed by atoms with Gasteiger partial charge < -0.3 is 15.0 Å². The van der Waals surface area contributed by atoms with E-state index in [1.807, 2.05) is 0 Å². The zero-order chi connectivity index (χ0) is 19.9. The molecule has 0 saturated carbocycles. The van der Waals surface area contributed by atoms with E-state index in [0.29, 0.717) is 0 Å². The standard InChI is InChI=1S/C16H21N3O6S/c1-5-24-15(20)13(18-17)14(10(2)3)25-16(21)19-26(22,23)12-8-6-11(4)7-9-12/h6-10,14H,5H2,1-4H3,(H,19,21). The minimum Gasteiger partial charge on any atom is -0.457 e. The average molecular weight is 383 g/mol. The third-order valence-corrected chi connectivity index (χ3v) is 4.58. The van der Waals surface area contributed by atoms with Crippen LogP contribution in [0.25, 0.3) is 5.53 Å². The predicted octanol–water partition coefficient (Wildman–Crippen LogP) is 1.67. The first-order valence-electron chi connectivity index (χ1n) is 7.81. The minimum absolute atomic E-state index is 0.0245. The number of carbonyl (C=O) groups is 2. The third kappa shape index (κ3) is 5.68. The SMILES string of the molecule is CCOC(=O)C(=[N+]=[N-])C(OC(=O)NS(=O)(=O)c1ccc(C)cc1)C(C)C. The van der Waals surface area contributed by atoms with Crippen molar-refractivity contribution in [3.63, 3.8) is 0 Å². The van der Waals surface area contributed by atoms with Gasteiger partial charge in [-0.3, -0.25) is 0 Å². The molecule has 0 radical (unpaired) electrons. The predicted molar refractivity (Wildman–Crippen MR) is 91.9 cm³/mol. The summed E-state index contributed by atoms with van der Waals surface area (Å²) in [6, 6.07) is 5.83. The number of amides is 1. The Morgan fingerprint density at radius 3 is 2.27 bits per heavy atom. The van der Waals surface area contributed by atoms with Crippen molar-refractivity contribution in [1.29, 1.82) is 0 Å². The number of carbonyl (C=O) groups excluding carboxylic acids is 2. The lowest BCUT2D eigenvalue weighted by atomic mass is 10.0. The molecule has 0 bridgehead atoms. The molecule has 0 spiro atoms. The zero-order valence-electron chi connectivity index (χ0n) is 14.9. The van der Waals surface area contributed by atoms with E-state index in [-0.39, 0.29) is 11.5 Å². The summed E-state index contributed by atoms with van der Waals surface area (Å²) in [5, 5.41) is 0. The van der Waals surface area contributed by atoms with Crippen molar-refractivity contribution in [2.45, 2.75) is 38.7 Å². The molecule has 26 heavy (non-hydrogen) atoms. The van der Waals surface area contributed by atoms with Gasteiger partial charge in [0.15, 0.2) is 0 Å². The Kier molecular flexibility index (Phi) is 7.48. The van der Waals surface area contributed by atoms with Gasteiger partial charge in [0.05, 0.1) is 11.5 Å². The van der Waals surface area contributed by atoms with Gasteiger partial charge in [-0.05, 0) is 26.0 Å². The van der Waals surface area contributed by atoms with E-state index in [1.165, 1.54) is 12.1 Å². The highest BCUT2D eigenvalue weighted by molar-refractivity contribution is 7.90. The molecule has 0 aliphatic heterocycles. The summed E-state index contributed by atoms with van der Waals surface area (Å²) in [5.41, 5.74) is 9.36. The van der Waals surface area contributed by atoms with Crippen LogP contribution in [0.4, 0.5) is 4.79 Å². The van der Waals surface area contributed by atoms with Gasteiger partial charge in [-0.15, -0.1) is 0 Å². The number of rotatable bonds is 7. The monoisotopic (exact) mass is 383 g/mol. The molecule has 1 aromatic carbocycles. The lowest BCUT2D eigenvalue weighted by molar-refractivity contribution is -0.141. The Bertz CT molecular complexity index is 811. The highest BCUT2D eigenvalue weighted by Crippen LogP contribution is 2.13. The maximum absolute atomic E-state index is 12.2. The van der Waals surface area contributed by atoms with Gasteiger partial charge in [-0.2, -0.15) is 4.79 Å². The molecule has 0 fully saturated rings. The van der Waals surface area contributed by atoms with Crippen LogP contribution < -0.4 is 4.72 Å². The summed E-state index contributed by atoms with van der Waals surface area (Å²) in [7, 11) is -4.15. The fourth-order valence-electron chi connectivity index (χ4n) is 1.95. The molecular formula is C16H21N3O6S. The number of aryl methyl sites for hydroxylation is 1. The van der Waals surface area contributed by atoms with E-state index < -0.39 is 39.8 Å². The van der Waals surface area contributed by atoms with Gasteiger partial charge in [-0.25, -0.2) is 22.7 Å². The minimum atomic E-state index is -4.15. The molecule has 1 unspecified atom stereocenters. The van der Waals surface area contributed by atoms with Crippen molar-refractivity contribution < 1.29 is 32.3 Å². The Hall–Kier alpha value is -2.71. The summed E-state index contributed by atoms with van der Waals surface area (Å²) < 4.78 is 35.9. The van der Waals surface area contributed by atoms with Crippen LogP contribution >= 0.6 is 0 Å². The van der Waals surface area contributed by atoms with E-state index >= 15 is 0 Å². The molecule has 1 atom stereocenters. The van der Waals surface area contributed by atoms with Crippen molar-refractivity contribution >= 4 is 27.8 Å². The van der Waals surface area contributed by atoms with Gasteiger partial charge in [0.2, 0.25) is 6.10 Å². The van der Waals surface area contributed by atoms with Crippen LogP contribution in [-0.2, 0) is 24.3 Å². The number of benzene rings is 1.